The van der Waals surface area contributed by atoms with Crippen LogP contribution in [-0.4, -0.2) is 21.5 Å². The van der Waals surface area contributed by atoms with E-state index < -0.39 is 9.84 Å². The second-order valence-corrected chi connectivity index (χ2v) is 5.77. The van der Waals surface area contributed by atoms with Crippen LogP contribution in [0.3, 0.4) is 0 Å². The molecule has 1 aromatic rings. The fraction of sp³-hybridized carbons (Fsp3) is 0.333. The van der Waals surface area contributed by atoms with Crippen molar-refractivity contribution >= 4 is 15.4 Å². The van der Waals surface area contributed by atoms with Crippen LogP contribution in [0.15, 0.2) is 28.5 Å². The molecule has 1 aliphatic heterocycles. The van der Waals surface area contributed by atoms with Gasteiger partial charge in [0.1, 0.15) is 0 Å². The molecule has 0 atom stereocenters. The fourth-order valence-corrected chi connectivity index (χ4v) is 3.38. The minimum atomic E-state index is -3.25. The Kier molecular flexibility index (Phi) is 3.33. The highest BCUT2D eigenvalue weighted by molar-refractivity contribution is 7.95. The van der Waals surface area contributed by atoms with Gasteiger partial charge in [0, 0.05) is 18.5 Å². The third-order valence-electron chi connectivity index (χ3n) is 2.80. The molecule has 0 radical (unpaired) electrons. The topological polar surface area (TPSA) is 72.2 Å². The highest BCUT2D eigenvalue weighted by Crippen LogP contribution is 2.33. The molecule has 3 N–H and O–H groups in total. The molecule has 0 amide bonds. The lowest BCUT2D eigenvalue weighted by molar-refractivity contribution is 0.605. The molecule has 0 aromatic heterocycles. The first kappa shape index (κ1) is 12.3. The summed E-state index contributed by atoms with van der Waals surface area (Å²) in [6.45, 7) is 3.78. The Morgan fingerprint density at radius 1 is 1.35 bits per heavy atom. The van der Waals surface area contributed by atoms with Gasteiger partial charge in [-0.1, -0.05) is 13.0 Å². The average molecular weight is 252 g/mol. The van der Waals surface area contributed by atoms with Crippen LogP contribution >= 0.6 is 0 Å². The van der Waals surface area contributed by atoms with Crippen molar-refractivity contribution in [2.75, 3.05) is 13.1 Å². The molecule has 0 saturated heterocycles. The van der Waals surface area contributed by atoms with Gasteiger partial charge in [-0.15, -0.1) is 0 Å². The second kappa shape index (κ2) is 4.60. The Bertz CT molecular complexity index is 562. The molecule has 0 bridgehead atoms. The molecule has 1 aromatic carbocycles. The molecular formula is C12H16N2O2S. The Morgan fingerprint density at radius 3 is 2.76 bits per heavy atom. The van der Waals surface area contributed by atoms with Crippen molar-refractivity contribution in [2.45, 2.75) is 18.4 Å². The Balaban J connectivity index is 2.47. The van der Waals surface area contributed by atoms with E-state index >= 15 is 0 Å². The van der Waals surface area contributed by atoms with Gasteiger partial charge in [0.05, 0.1) is 4.90 Å². The number of hydrogen-bond acceptors (Lipinski definition) is 4. The van der Waals surface area contributed by atoms with Crippen LogP contribution in [0.2, 0.25) is 0 Å². The van der Waals surface area contributed by atoms with Crippen LogP contribution in [0.5, 0.6) is 0 Å². The van der Waals surface area contributed by atoms with Crippen LogP contribution in [0.25, 0.3) is 5.57 Å². The Labute approximate surface area is 101 Å². The number of nitrogens with one attached hydrogen (secondary N) is 1. The van der Waals surface area contributed by atoms with E-state index in [0.29, 0.717) is 18.0 Å². The zero-order valence-corrected chi connectivity index (χ0v) is 10.5. The van der Waals surface area contributed by atoms with Crippen LogP contribution in [0.1, 0.15) is 18.1 Å². The van der Waals surface area contributed by atoms with Crippen molar-refractivity contribution in [1.29, 1.82) is 0 Å². The van der Waals surface area contributed by atoms with E-state index in [2.05, 4.69) is 5.32 Å². The summed E-state index contributed by atoms with van der Waals surface area (Å²) in [5.74, 6) is 0. The molecule has 0 fully saturated rings. The summed E-state index contributed by atoms with van der Waals surface area (Å²) in [6.07, 6.45) is 0. The molecule has 1 aliphatic rings. The van der Waals surface area contributed by atoms with E-state index in [9.17, 15) is 8.42 Å². The molecule has 0 saturated carbocycles. The first-order chi connectivity index (χ1) is 8.08. The van der Waals surface area contributed by atoms with E-state index in [0.717, 1.165) is 23.2 Å². The monoisotopic (exact) mass is 252 g/mol. The fourth-order valence-electron chi connectivity index (χ4n) is 1.91. The molecule has 2 rings (SSSR count). The summed E-state index contributed by atoms with van der Waals surface area (Å²) in [4.78, 5) is 0.391. The van der Waals surface area contributed by atoms with E-state index in [-0.39, 0.29) is 0 Å². The molecule has 17 heavy (non-hydrogen) atoms. The maximum atomic E-state index is 11.9. The lowest BCUT2D eigenvalue weighted by atomic mass is 10.0. The van der Waals surface area contributed by atoms with E-state index in [1.165, 1.54) is 5.41 Å². The van der Waals surface area contributed by atoms with E-state index in [1.54, 1.807) is 12.1 Å². The predicted octanol–water partition coefficient (Wildman–Crippen LogP) is 0.883. The van der Waals surface area contributed by atoms with Gasteiger partial charge in [-0.3, -0.25) is 0 Å². The summed E-state index contributed by atoms with van der Waals surface area (Å²) in [5.41, 5.74) is 8.12. The minimum Gasteiger partial charge on any atom is -0.326 e. The summed E-state index contributed by atoms with van der Waals surface area (Å²) in [6, 6.07) is 5.27. The minimum absolute atomic E-state index is 0.391. The van der Waals surface area contributed by atoms with Crippen LogP contribution in [0.4, 0.5) is 0 Å². The van der Waals surface area contributed by atoms with Gasteiger partial charge in [-0.25, -0.2) is 8.42 Å². The summed E-state index contributed by atoms with van der Waals surface area (Å²) >= 11 is 0. The van der Waals surface area contributed by atoms with Crippen molar-refractivity contribution in [1.82, 2.24) is 5.32 Å². The first-order valence-electron chi connectivity index (χ1n) is 5.58. The third-order valence-corrected chi connectivity index (χ3v) is 4.36. The standard InChI is InChI=1S/C12H16N2O2S/c1-2-14-7-10-8-17(15,16)12-4-3-9(6-13)5-11(10)12/h3-5,8,14H,2,6-7,13H2,1H3. The maximum absolute atomic E-state index is 11.9. The lowest BCUT2D eigenvalue weighted by Gasteiger charge is -2.06. The van der Waals surface area contributed by atoms with E-state index in [4.69, 9.17) is 5.73 Å². The molecule has 4 nitrogen and oxygen atoms in total. The van der Waals surface area contributed by atoms with Crippen molar-refractivity contribution in [3.63, 3.8) is 0 Å². The number of sulfone groups is 1. The Hall–Kier alpha value is -1.17. The SMILES string of the molecule is CCNCC1=CS(=O)(=O)c2ccc(CN)cc21. The molecule has 5 heteroatoms. The maximum Gasteiger partial charge on any atom is 0.200 e. The molecule has 0 aliphatic carbocycles. The van der Waals surface area contributed by atoms with Crippen LogP contribution in [-0.2, 0) is 16.4 Å². The van der Waals surface area contributed by atoms with E-state index in [1.807, 2.05) is 13.0 Å². The van der Waals surface area contributed by atoms with Crippen molar-refractivity contribution in [3.8, 4) is 0 Å². The number of hydrogen-bond donors (Lipinski definition) is 2. The Morgan fingerprint density at radius 2 is 2.12 bits per heavy atom. The first-order valence-corrected chi connectivity index (χ1v) is 7.13. The quantitative estimate of drug-likeness (QED) is 0.834. The average Bonchev–Trinajstić information content (AvgIpc) is 2.58. The normalized spacial score (nSPS) is 16.7. The molecule has 92 valence electrons. The van der Waals surface area contributed by atoms with Crippen molar-refractivity contribution in [2.24, 2.45) is 5.73 Å². The second-order valence-electron chi connectivity index (χ2n) is 4.00. The zero-order valence-electron chi connectivity index (χ0n) is 9.73. The summed E-state index contributed by atoms with van der Waals surface area (Å²) < 4.78 is 23.8. The van der Waals surface area contributed by atoms with Crippen LogP contribution < -0.4 is 11.1 Å². The highest BCUT2D eigenvalue weighted by atomic mass is 32.2. The smallest absolute Gasteiger partial charge is 0.200 e. The number of benzene rings is 1. The van der Waals surface area contributed by atoms with Gasteiger partial charge in [-0.2, -0.15) is 0 Å². The number of fused-ring (bicyclic) bond motifs is 1. The van der Waals surface area contributed by atoms with Crippen LogP contribution in [0, 0.1) is 0 Å². The predicted molar refractivity (Wildman–Crippen MR) is 68.0 cm³/mol. The number of nitrogens with two attached hydrogens (primary N) is 1. The van der Waals surface area contributed by atoms with Crippen molar-refractivity contribution in [3.05, 3.63) is 34.7 Å². The summed E-state index contributed by atoms with van der Waals surface area (Å²) in [7, 11) is -3.25. The number of likely N-dealkylation sites (N-methyl/N-ethyl adjacent to an activating group) is 1. The number of rotatable bonds is 4. The van der Waals surface area contributed by atoms with Gasteiger partial charge in [0.2, 0.25) is 9.84 Å². The molecule has 0 unspecified atom stereocenters. The van der Waals surface area contributed by atoms with Gasteiger partial charge < -0.3 is 11.1 Å². The molecular weight excluding hydrogens is 236 g/mol. The lowest BCUT2D eigenvalue weighted by Crippen LogP contribution is -2.15. The highest BCUT2D eigenvalue weighted by Gasteiger charge is 2.26. The van der Waals surface area contributed by atoms with Crippen molar-refractivity contribution < 1.29 is 8.42 Å². The van der Waals surface area contributed by atoms with Gasteiger partial charge in [-0.05, 0) is 35.4 Å². The van der Waals surface area contributed by atoms with Gasteiger partial charge in [0.15, 0.2) is 0 Å². The summed E-state index contributed by atoms with van der Waals surface area (Å²) in [5, 5.41) is 4.49. The zero-order chi connectivity index (χ0) is 12.5. The van der Waals surface area contributed by atoms with Gasteiger partial charge >= 0.3 is 0 Å². The largest absolute Gasteiger partial charge is 0.326 e. The molecule has 1 heterocycles. The third kappa shape index (κ3) is 2.26. The van der Waals surface area contributed by atoms with Gasteiger partial charge in [0.25, 0.3) is 0 Å². The molecule has 0 spiro atoms.